The summed E-state index contributed by atoms with van der Waals surface area (Å²) in [7, 11) is 0. The van der Waals surface area contributed by atoms with Crippen LogP contribution in [0, 0.1) is 5.92 Å². The molecule has 3 heteroatoms. The van der Waals surface area contributed by atoms with Crippen molar-refractivity contribution in [1.82, 2.24) is 0 Å². The summed E-state index contributed by atoms with van der Waals surface area (Å²) >= 11 is 0. The Hall–Kier alpha value is -1.77. The number of rotatable bonds is 7. The molecule has 1 rings (SSSR count). The highest BCUT2D eigenvalue weighted by Crippen LogP contribution is 2.22. The van der Waals surface area contributed by atoms with E-state index in [4.69, 9.17) is 9.84 Å². The highest BCUT2D eigenvalue weighted by molar-refractivity contribution is 5.90. The van der Waals surface area contributed by atoms with Gasteiger partial charge in [0, 0.05) is 6.08 Å². The van der Waals surface area contributed by atoms with Gasteiger partial charge in [0.15, 0.2) is 0 Å². The number of aliphatic carboxylic acids is 1. The second-order valence-electron chi connectivity index (χ2n) is 4.99. The van der Waals surface area contributed by atoms with Gasteiger partial charge in [0.2, 0.25) is 0 Å². The molecule has 0 saturated carbocycles. The number of hydrogen-bond donors (Lipinski definition) is 1. The molecule has 0 aromatic heterocycles. The molecule has 0 heterocycles. The lowest BCUT2D eigenvalue weighted by atomic mass is 10.0. The van der Waals surface area contributed by atoms with Gasteiger partial charge in [-0.3, -0.25) is 0 Å². The van der Waals surface area contributed by atoms with Crippen LogP contribution in [0.3, 0.4) is 0 Å². The van der Waals surface area contributed by atoms with Crippen LogP contribution in [0.25, 0.3) is 5.57 Å². The van der Waals surface area contributed by atoms with Gasteiger partial charge in [-0.2, -0.15) is 0 Å². The van der Waals surface area contributed by atoms with Crippen molar-refractivity contribution in [3.8, 4) is 5.75 Å². The van der Waals surface area contributed by atoms with Crippen LogP contribution in [0.2, 0.25) is 0 Å². The summed E-state index contributed by atoms with van der Waals surface area (Å²) < 4.78 is 5.61. The molecule has 1 aromatic carbocycles. The van der Waals surface area contributed by atoms with E-state index >= 15 is 0 Å². The largest absolute Gasteiger partial charge is 0.493 e. The van der Waals surface area contributed by atoms with E-state index in [1.54, 1.807) is 0 Å². The van der Waals surface area contributed by atoms with Crippen LogP contribution in [-0.2, 0) is 4.79 Å². The first-order chi connectivity index (χ1) is 9.02. The lowest BCUT2D eigenvalue weighted by Gasteiger charge is -2.10. The quantitative estimate of drug-likeness (QED) is 0.756. The Kier molecular flexibility index (Phi) is 6.13. The first-order valence-electron chi connectivity index (χ1n) is 6.69. The Morgan fingerprint density at radius 2 is 1.95 bits per heavy atom. The molecule has 0 aliphatic rings. The number of benzene rings is 1. The number of hydrogen-bond acceptors (Lipinski definition) is 2. The topological polar surface area (TPSA) is 46.5 Å². The van der Waals surface area contributed by atoms with E-state index in [1.807, 2.05) is 31.2 Å². The molecule has 3 nitrogen and oxygen atoms in total. The average molecular weight is 262 g/mol. The van der Waals surface area contributed by atoms with Crippen LogP contribution in [0.5, 0.6) is 5.75 Å². The molecule has 104 valence electrons. The SMILES string of the molecule is CCC/C(=C\C(=O)O)c1ccc(OCC(C)C)cc1. The second kappa shape index (κ2) is 7.62. The third-order valence-corrected chi connectivity index (χ3v) is 2.63. The predicted octanol–water partition coefficient (Wildman–Crippen LogP) is 3.99. The van der Waals surface area contributed by atoms with Gasteiger partial charge in [-0.15, -0.1) is 0 Å². The van der Waals surface area contributed by atoms with Crippen molar-refractivity contribution in [2.24, 2.45) is 5.92 Å². The van der Waals surface area contributed by atoms with Gasteiger partial charge in [0.05, 0.1) is 6.61 Å². The lowest BCUT2D eigenvalue weighted by Crippen LogP contribution is -2.04. The summed E-state index contributed by atoms with van der Waals surface area (Å²) in [6.07, 6.45) is 2.97. The number of carboxylic acid groups (broad SMARTS) is 1. The summed E-state index contributed by atoms with van der Waals surface area (Å²) in [4.78, 5) is 10.8. The van der Waals surface area contributed by atoms with E-state index < -0.39 is 5.97 Å². The highest BCUT2D eigenvalue weighted by atomic mass is 16.5. The first-order valence-corrected chi connectivity index (χ1v) is 6.69. The maximum Gasteiger partial charge on any atom is 0.328 e. The van der Waals surface area contributed by atoms with Crippen molar-refractivity contribution in [2.45, 2.75) is 33.6 Å². The highest BCUT2D eigenvalue weighted by Gasteiger charge is 2.04. The normalized spacial score (nSPS) is 11.7. The van der Waals surface area contributed by atoms with Crippen molar-refractivity contribution in [3.05, 3.63) is 35.9 Å². The summed E-state index contributed by atoms with van der Waals surface area (Å²) in [5, 5.41) is 8.87. The van der Waals surface area contributed by atoms with Crippen LogP contribution >= 0.6 is 0 Å². The summed E-state index contributed by atoms with van der Waals surface area (Å²) in [5.74, 6) is 0.412. The predicted molar refractivity (Wildman–Crippen MR) is 77.3 cm³/mol. The fourth-order valence-corrected chi connectivity index (χ4v) is 1.75. The van der Waals surface area contributed by atoms with E-state index in [9.17, 15) is 4.79 Å². The van der Waals surface area contributed by atoms with E-state index in [-0.39, 0.29) is 0 Å². The van der Waals surface area contributed by atoms with E-state index in [2.05, 4.69) is 13.8 Å². The van der Waals surface area contributed by atoms with Gasteiger partial charge in [0.1, 0.15) is 5.75 Å². The van der Waals surface area contributed by atoms with Gasteiger partial charge in [-0.1, -0.05) is 39.3 Å². The van der Waals surface area contributed by atoms with Gasteiger partial charge in [-0.05, 0) is 35.6 Å². The molecule has 0 aliphatic heterocycles. The van der Waals surface area contributed by atoms with Gasteiger partial charge in [-0.25, -0.2) is 4.79 Å². The molecule has 0 saturated heterocycles. The summed E-state index contributed by atoms with van der Waals surface area (Å²) in [5.41, 5.74) is 1.80. The zero-order chi connectivity index (χ0) is 14.3. The Labute approximate surface area is 114 Å². The molecular weight excluding hydrogens is 240 g/mol. The van der Waals surface area contributed by atoms with Crippen molar-refractivity contribution < 1.29 is 14.6 Å². The zero-order valence-electron chi connectivity index (χ0n) is 11.8. The second-order valence-corrected chi connectivity index (χ2v) is 4.99. The Bertz CT molecular complexity index is 430. The molecule has 0 amide bonds. The minimum atomic E-state index is -0.899. The number of carboxylic acids is 1. The Morgan fingerprint density at radius 3 is 2.42 bits per heavy atom. The monoisotopic (exact) mass is 262 g/mol. The third-order valence-electron chi connectivity index (χ3n) is 2.63. The van der Waals surface area contributed by atoms with Crippen molar-refractivity contribution in [2.75, 3.05) is 6.61 Å². The summed E-state index contributed by atoms with van der Waals surface area (Å²) in [6.45, 7) is 6.93. The molecule has 0 radical (unpaired) electrons. The molecule has 0 aliphatic carbocycles. The summed E-state index contributed by atoms with van der Waals surface area (Å²) in [6, 6.07) is 7.62. The van der Waals surface area contributed by atoms with Gasteiger partial charge >= 0.3 is 5.97 Å². The molecule has 0 unspecified atom stereocenters. The fourth-order valence-electron chi connectivity index (χ4n) is 1.75. The zero-order valence-corrected chi connectivity index (χ0v) is 11.8. The molecule has 1 N–H and O–H groups in total. The van der Waals surface area contributed by atoms with Crippen molar-refractivity contribution in [1.29, 1.82) is 0 Å². The average Bonchev–Trinajstić information content (AvgIpc) is 2.36. The number of allylic oxidation sites excluding steroid dienone is 1. The van der Waals surface area contributed by atoms with Gasteiger partial charge < -0.3 is 9.84 Å². The van der Waals surface area contributed by atoms with E-state index in [0.717, 1.165) is 29.7 Å². The maximum atomic E-state index is 10.8. The van der Waals surface area contributed by atoms with Crippen LogP contribution in [0.1, 0.15) is 39.2 Å². The van der Waals surface area contributed by atoms with Crippen LogP contribution in [0.15, 0.2) is 30.3 Å². The fraction of sp³-hybridized carbons (Fsp3) is 0.438. The number of ether oxygens (including phenoxy) is 1. The molecule has 19 heavy (non-hydrogen) atoms. The van der Waals surface area contributed by atoms with Crippen LogP contribution < -0.4 is 4.74 Å². The maximum absolute atomic E-state index is 10.8. The minimum Gasteiger partial charge on any atom is -0.493 e. The Balaban J connectivity index is 2.80. The standard InChI is InChI=1S/C16H22O3/c1-4-5-14(10-16(17)18)13-6-8-15(9-7-13)19-11-12(2)3/h6-10,12H,4-5,11H2,1-3H3,(H,17,18)/b14-10+. The smallest absolute Gasteiger partial charge is 0.328 e. The molecule has 0 fully saturated rings. The lowest BCUT2D eigenvalue weighted by molar-refractivity contribution is -0.131. The van der Waals surface area contributed by atoms with E-state index in [0.29, 0.717) is 12.5 Å². The van der Waals surface area contributed by atoms with E-state index in [1.165, 1.54) is 6.08 Å². The number of carbonyl (C=O) groups is 1. The molecule has 0 atom stereocenters. The molecular formula is C16H22O3. The third kappa shape index (κ3) is 5.60. The molecule has 0 spiro atoms. The first kappa shape index (κ1) is 15.3. The minimum absolute atomic E-state index is 0.488. The van der Waals surface area contributed by atoms with Crippen LogP contribution in [0.4, 0.5) is 0 Å². The Morgan fingerprint density at radius 1 is 1.32 bits per heavy atom. The van der Waals surface area contributed by atoms with Crippen molar-refractivity contribution >= 4 is 11.5 Å². The van der Waals surface area contributed by atoms with Crippen LogP contribution in [-0.4, -0.2) is 17.7 Å². The molecule has 1 aromatic rings. The van der Waals surface area contributed by atoms with Crippen molar-refractivity contribution in [3.63, 3.8) is 0 Å². The molecule has 0 bridgehead atoms. The van der Waals surface area contributed by atoms with Gasteiger partial charge in [0.25, 0.3) is 0 Å².